The summed E-state index contributed by atoms with van der Waals surface area (Å²) in [5.74, 6) is 0.252. The zero-order chi connectivity index (χ0) is 19.0. The zero-order valence-electron chi connectivity index (χ0n) is 15.5. The Balaban J connectivity index is 1.87. The lowest BCUT2D eigenvalue weighted by Gasteiger charge is -2.47. The average molecular weight is 384 g/mol. The van der Waals surface area contributed by atoms with E-state index in [1.165, 1.54) is 0 Å². The Bertz CT molecular complexity index is 813. The summed E-state index contributed by atoms with van der Waals surface area (Å²) in [7, 11) is 0. The Morgan fingerprint density at radius 2 is 2.07 bits per heavy atom. The summed E-state index contributed by atoms with van der Waals surface area (Å²) in [6.45, 7) is 2.14. The van der Waals surface area contributed by atoms with Crippen molar-refractivity contribution in [3.05, 3.63) is 47.2 Å². The smallest absolute Gasteiger partial charge is 0.318 e. The molecule has 2 fully saturated rings. The van der Waals surface area contributed by atoms with Crippen LogP contribution < -0.4 is 0 Å². The number of carbonyl (C=O) groups is 2. The third kappa shape index (κ3) is 2.92. The maximum Gasteiger partial charge on any atom is 0.318 e. The lowest BCUT2D eigenvalue weighted by molar-refractivity contribution is -0.155. The number of benzene rings is 1. The van der Waals surface area contributed by atoms with E-state index in [1.54, 1.807) is 0 Å². The van der Waals surface area contributed by atoms with Crippen LogP contribution in [0.15, 0.2) is 41.7 Å². The highest BCUT2D eigenvalue weighted by Gasteiger charge is 2.58. The van der Waals surface area contributed by atoms with Crippen molar-refractivity contribution in [2.45, 2.75) is 45.4 Å². The minimum absolute atomic E-state index is 0.0462. The van der Waals surface area contributed by atoms with E-state index < -0.39 is 5.41 Å². The molecule has 0 bridgehead atoms. The Kier molecular flexibility index (Phi) is 4.89. The predicted molar refractivity (Wildman–Crippen MR) is 105 cm³/mol. The number of thiocarbonyl (C=S) groups is 1. The van der Waals surface area contributed by atoms with Gasteiger partial charge in [0.2, 0.25) is 0 Å². The summed E-state index contributed by atoms with van der Waals surface area (Å²) in [5.41, 5.74) is 1.11. The highest BCUT2D eigenvalue weighted by atomic mass is 32.1. The summed E-state index contributed by atoms with van der Waals surface area (Å²) in [6, 6.07) is 9.74. The monoisotopic (exact) mass is 384 g/mol. The normalized spacial score (nSPS) is 29.6. The van der Waals surface area contributed by atoms with E-state index in [-0.39, 0.29) is 23.8 Å². The SMILES string of the molecule is CCOC(=O)[C@@]1(C(=S)c2ccccc2)C[C@H]2CC(=O)OC2=C2CCCC[C@H]21. The van der Waals surface area contributed by atoms with Crippen molar-refractivity contribution in [3.63, 3.8) is 0 Å². The van der Waals surface area contributed by atoms with Gasteiger partial charge in [0, 0.05) is 16.7 Å². The van der Waals surface area contributed by atoms with E-state index in [4.69, 9.17) is 21.7 Å². The predicted octanol–water partition coefficient (Wildman–Crippen LogP) is 4.37. The van der Waals surface area contributed by atoms with Gasteiger partial charge in [0.25, 0.3) is 0 Å². The molecule has 4 nitrogen and oxygen atoms in total. The van der Waals surface area contributed by atoms with Gasteiger partial charge >= 0.3 is 11.9 Å². The fourth-order valence-corrected chi connectivity index (χ4v) is 5.54. The molecule has 1 saturated carbocycles. The number of allylic oxidation sites excluding steroid dienone is 2. The topological polar surface area (TPSA) is 52.6 Å². The number of fused-ring (bicyclic) bond motifs is 2. The second-order valence-corrected chi connectivity index (χ2v) is 8.06. The maximum absolute atomic E-state index is 13.4. The molecule has 3 atom stereocenters. The maximum atomic E-state index is 13.4. The van der Waals surface area contributed by atoms with Crippen LogP contribution in [0.1, 0.15) is 51.0 Å². The van der Waals surface area contributed by atoms with Crippen molar-refractivity contribution in [1.29, 1.82) is 0 Å². The summed E-state index contributed by atoms with van der Waals surface area (Å²) in [6.07, 6.45) is 4.64. The van der Waals surface area contributed by atoms with Crippen molar-refractivity contribution in [1.82, 2.24) is 0 Å². The van der Waals surface area contributed by atoms with Crippen molar-refractivity contribution >= 4 is 29.0 Å². The Morgan fingerprint density at radius 3 is 2.81 bits per heavy atom. The largest absolute Gasteiger partial charge is 0.465 e. The summed E-state index contributed by atoms with van der Waals surface area (Å²) < 4.78 is 11.2. The Morgan fingerprint density at radius 1 is 1.30 bits per heavy atom. The quantitative estimate of drug-likeness (QED) is 0.438. The number of rotatable bonds is 4. The Hall–Kier alpha value is -2.01. The first-order chi connectivity index (χ1) is 13.1. The van der Waals surface area contributed by atoms with Crippen LogP contribution in [0.2, 0.25) is 0 Å². The number of carbonyl (C=O) groups excluding carboxylic acids is 2. The lowest BCUT2D eigenvalue weighted by atomic mass is 9.56. The molecular weight excluding hydrogens is 360 g/mol. The molecule has 1 aliphatic heterocycles. The molecule has 142 valence electrons. The minimum atomic E-state index is -0.898. The molecule has 1 aromatic carbocycles. The molecule has 0 radical (unpaired) electrons. The molecular formula is C22H24O4S. The average Bonchev–Trinajstić information content (AvgIpc) is 3.07. The van der Waals surface area contributed by atoms with E-state index in [1.807, 2.05) is 37.3 Å². The van der Waals surface area contributed by atoms with Gasteiger partial charge in [-0.05, 0) is 43.7 Å². The van der Waals surface area contributed by atoms with Gasteiger partial charge in [0.15, 0.2) is 0 Å². The van der Waals surface area contributed by atoms with Gasteiger partial charge in [-0.25, -0.2) is 0 Å². The van der Waals surface area contributed by atoms with Crippen LogP contribution in [0.4, 0.5) is 0 Å². The third-order valence-electron chi connectivity index (χ3n) is 6.18. The lowest BCUT2D eigenvalue weighted by Crippen LogP contribution is -2.51. The molecule has 27 heavy (non-hydrogen) atoms. The molecule has 0 aromatic heterocycles. The van der Waals surface area contributed by atoms with Crippen molar-refractivity contribution in [2.75, 3.05) is 6.61 Å². The van der Waals surface area contributed by atoms with Gasteiger partial charge in [-0.1, -0.05) is 49.0 Å². The molecule has 0 spiro atoms. The van der Waals surface area contributed by atoms with E-state index >= 15 is 0 Å². The molecule has 2 aliphatic carbocycles. The number of ether oxygens (including phenoxy) is 2. The van der Waals surface area contributed by atoms with Gasteiger partial charge in [-0.3, -0.25) is 9.59 Å². The fraction of sp³-hybridized carbons (Fsp3) is 0.500. The van der Waals surface area contributed by atoms with Crippen LogP contribution in [-0.4, -0.2) is 23.4 Å². The molecule has 0 unspecified atom stereocenters. The van der Waals surface area contributed by atoms with Gasteiger partial charge in [-0.2, -0.15) is 0 Å². The van der Waals surface area contributed by atoms with Crippen molar-refractivity contribution in [3.8, 4) is 0 Å². The Labute approximate surface area is 164 Å². The van der Waals surface area contributed by atoms with Crippen molar-refractivity contribution < 1.29 is 19.1 Å². The second kappa shape index (κ2) is 7.19. The first-order valence-electron chi connectivity index (χ1n) is 9.78. The molecule has 0 amide bonds. The van der Waals surface area contributed by atoms with E-state index in [2.05, 4.69) is 0 Å². The van der Waals surface area contributed by atoms with E-state index in [9.17, 15) is 9.59 Å². The van der Waals surface area contributed by atoms with Gasteiger partial charge < -0.3 is 9.47 Å². The van der Waals surface area contributed by atoms with Crippen molar-refractivity contribution in [2.24, 2.45) is 17.3 Å². The molecule has 3 aliphatic rings. The van der Waals surface area contributed by atoms with Gasteiger partial charge in [0.05, 0.1) is 13.0 Å². The summed E-state index contributed by atoms with van der Waals surface area (Å²) >= 11 is 5.95. The molecule has 4 rings (SSSR count). The fourth-order valence-electron chi connectivity index (χ4n) is 5.09. The van der Waals surface area contributed by atoms with Gasteiger partial charge in [0.1, 0.15) is 11.2 Å². The first-order valence-corrected chi connectivity index (χ1v) is 10.2. The first kappa shape index (κ1) is 18.4. The second-order valence-electron chi connectivity index (χ2n) is 7.65. The third-order valence-corrected chi connectivity index (χ3v) is 6.78. The number of esters is 2. The number of hydrogen-bond donors (Lipinski definition) is 0. The van der Waals surface area contributed by atoms with Crippen LogP contribution in [0.25, 0.3) is 0 Å². The summed E-state index contributed by atoms with van der Waals surface area (Å²) in [5, 5.41) is 0. The van der Waals surface area contributed by atoms with Crippen LogP contribution >= 0.6 is 12.2 Å². The van der Waals surface area contributed by atoms with Crippen LogP contribution in [0.3, 0.4) is 0 Å². The van der Waals surface area contributed by atoms with E-state index in [0.29, 0.717) is 24.3 Å². The van der Waals surface area contributed by atoms with E-state index in [0.717, 1.165) is 42.6 Å². The highest BCUT2D eigenvalue weighted by Crippen LogP contribution is 2.57. The molecule has 1 saturated heterocycles. The van der Waals surface area contributed by atoms with Crippen LogP contribution in [0.5, 0.6) is 0 Å². The molecule has 1 aromatic rings. The standard InChI is InChI=1S/C22H24O4S/c1-2-25-21(24)22(20(27)14-8-4-3-5-9-14)13-15-12-18(23)26-19(15)16-10-6-7-11-17(16)22/h3-5,8-9,15,17H,2,6-7,10-13H2,1H3/t15-,17-,22+/m1/s1. The zero-order valence-corrected chi connectivity index (χ0v) is 16.3. The van der Waals surface area contributed by atoms with Crippen LogP contribution in [-0.2, 0) is 19.1 Å². The number of hydrogen-bond acceptors (Lipinski definition) is 5. The molecule has 5 heteroatoms. The summed E-state index contributed by atoms with van der Waals surface area (Å²) in [4.78, 5) is 26.1. The van der Waals surface area contributed by atoms with Gasteiger partial charge in [-0.15, -0.1) is 0 Å². The molecule has 1 heterocycles. The highest BCUT2D eigenvalue weighted by molar-refractivity contribution is 7.81. The minimum Gasteiger partial charge on any atom is -0.465 e. The van der Waals surface area contributed by atoms with Crippen LogP contribution in [0, 0.1) is 17.3 Å². The molecule has 0 N–H and O–H groups in total.